The fraction of sp³-hybridized carbons (Fsp3) is 0.308. The first-order valence-corrected chi connectivity index (χ1v) is 8.49. The van der Waals surface area contributed by atoms with E-state index in [4.69, 9.17) is 5.11 Å². The number of carboxylic acids is 1. The minimum Gasteiger partial charge on any atom is -0.477 e. The monoisotopic (exact) mass is 321 g/mol. The second-order valence-electron chi connectivity index (χ2n) is 4.98. The van der Waals surface area contributed by atoms with Gasteiger partial charge in [-0.15, -0.1) is 23.5 Å². The first-order chi connectivity index (χ1) is 10.1. The van der Waals surface area contributed by atoms with E-state index in [9.17, 15) is 9.59 Å². The summed E-state index contributed by atoms with van der Waals surface area (Å²) in [5.74, 6) is 1.54. The number of fused-ring (bicyclic) bond motifs is 3. The lowest BCUT2D eigenvalue weighted by Gasteiger charge is -2.19. The fourth-order valence-corrected chi connectivity index (χ4v) is 4.66. The number of hydrogen-bond donors (Lipinski definition) is 1. The topological polar surface area (TPSA) is 75.4 Å². The zero-order valence-electron chi connectivity index (χ0n) is 10.9. The van der Waals surface area contributed by atoms with Crippen LogP contribution in [0, 0.1) is 0 Å². The molecule has 0 spiro atoms. The van der Waals surface area contributed by atoms with Gasteiger partial charge in [-0.2, -0.15) is 0 Å². The van der Waals surface area contributed by atoms with Crippen LogP contribution in [0.1, 0.15) is 11.5 Å². The molecule has 1 atom stereocenters. The number of carbonyl (C=O) groups is 2. The van der Waals surface area contributed by atoms with E-state index in [1.165, 1.54) is 16.7 Å². The molecule has 8 heteroatoms. The molecule has 2 bridgehead atoms. The van der Waals surface area contributed by atoms with Crippen molar-refractivity contribution in [1.29, 1.82) is 0 Å². The van der Waals surface area contributed by atoms with Gasteiger partial charge in [-0.25, -0.2) is 9.78 Å². The molecule has 0 saturated carbocycles. The number of rotatable bonds is 2. The summed E-state index contributed by atoms with van der Waals surface area (Å²) in [6, 6.07) is 0. The highest BCUT2D eigenvalue weighted by Crippen LogP contribution is 2.38. The van der Waals surface area contributed by atoms with Gasteiger partial charge in [-0.3, -0.25) is 4.79 Å². The van der Waals surface area contributed by atoms with Gasteiger partial charge in [0.15, 0.2) is 0 Å². The predicted molar refractivity (Wildman–Crippen MR) is 80.3 cm³/mol. The summed E-state index contributed by atoms with van der Waals surface area (Å²) in [6.45, 7) is 0.427. The SMILES string of the molecule is O=C(O)C1=CS[C@H]2CN1C(=O)C2=Cc1cn2c(n1)CSC2. The smallest absolute Gasteiger partial charge is 0.353 e. The zero-order valence-corrected chi connectivity index (χ0v) is 12.5. The summed E-state index contributed by atoms with van der Waals surface area (Å²) in [6.07, 6.45) is 3.75. The molecule has 4 rings (SSSR count). The molecule has 0 aromatic carbocycles. The molecular formula is C13H11N3O3S2. The quantitative estimate of drug-likeness (QED) is 0.829. The lowest BCUT2D eigenvalue weighted by atomic mass is 10.2. The van der Waals surface area contributed by atoms with Crippen molar-refractivity contribution in [1.82, 2.24) is 14.5 Å². The number of thioether (sulfide) groups is 2. The standard InChI is InChI=1S/C13H11N3O3S2/c17-12-8(1-7-2-15-6-20-5-11(15)14-7)10-3-16(12)9(4-21-10)13(18)19/h1-2,4,10H,3,5-6H2,(H,18,19)/t10-/m0/s1. The minimum absolute atomic E-state index is 0.00786. The number of imidazole rings is 1. The third-order valence-corrected chi connectivity index (χ3v) is 5.70. The molecule has 1 saturated heterocycles. The molecule has 3 aliphatic rings. The largest absolute Gasteiger partial charge is 0.477 e. The van der Waals surface area contributed by atoms with Crippen molar-refractivity contribution in [3.8, 4) is 0 Å². The van der Waals surface area contributed by atoms with E-state index >= 15 is 0 Å². The number of nitrogens with zero attached hydrogens (tertiary/aromatic N) is 3. The summed E-state index contributed by atoms with van der Waals surface area (Å²) in [4.78, 5) is 29.4. The molecule has 1 aromatic heterocycles. The number of aromatic nitrogens is 2. The van der Waals surface area contributed by atoms with Crippen LogP contribution in [0.3, 0.4) is 0 Å². The summed E-state index contributed by atoms with van der Waals surface area (Å²) in [5, 5.41) is 10.7. The number of carbonyl (C=O) groups excluding carboxylic acids is 1. The predicted octanol–water partition coefficient (Wildman–Crippen LogP) is 1.35. The normalized spacial score (nSPS) is 25.4. The van der Waals surface area contributed by atoms with Crippen molar-refractivity contribution in [2.75, 3.05) is 6.54 Å². The Labute approximate surface area is 128 Å². The van der Waals surface area contributed by atoms with Crippen molar-refractivity contribution >= 4 is 41.5 Å². The average Bonchev–Trinajstić information content (AvgIpc) is 3.09. The Kier molecular flexibility index (Phi) is 2.90. The second-order valence-corrected chi connectivity index (χ2v) is 7.01. The average molecular weight is 321 g/mol. The Hall–Kier alpha value is -1.67. The Morgan fingerprint density at radius 1 is 1.52 bits per heavy atom. The van der Waals surface area contributed by atoms with Crippen LogP contribution in [0.4, 0.5) is 0 Å². The summed E-state index contributed by atoms with van der Waals surface area (Å²) in [7, 11) is 0. The Bertz CT molecular complexity index is 701. The van der Waals surface area contributed by atoms with Gasteiger partial charge in [0.25, 0.3) is 5.91 Å². The maximum atomic E-state index is 12.4. The van der Waals surface area contributed by atoms with E-state index in [0.29, 0.717) is 12.1 Å². The van der Waals surface area contributed by atoms with E-state index < -0.39 is 5.97 Å². The summed E-state index contributed by atoms with van der Waals surface area (Å²) >= 11 is 3.20. The van der Waals surface area contributed by atoms with Crippen molar-refractivity contribution in [3.63, 3.8) is 0 Å². The van der Waals surface area contributed by atoms with Gasteiger partial charge in [0.05, 0.1) is 22.6 Å². The van der Waals surface area contributed by atoms with Crippen LogP contribution in [0.25, 0.3) is 6.08 Å². The maximum Gasteiger partial charge on any atom is 0.353 e. The van der Waals surface area contributed by atoms with Crippen LogP contribution in [-0.2, 0) is 21.2 Å². The zero-order chi connectivity index (χ0) is 14.6. The molecule has 0 radical (unpaired) electrons. The van der Waals surface area contributed by atoms with Crippen LogP contribution in [0.2, 0.25) is 0 Å². The Morgan fingerprint density at radius 2 is 2.38 bits per heavy atom. The van der Waals surface area contributed by atoms with Crippen LogP contribution >= 0.6 is 23.5 Å². The van der Waals surface area contributed by atoms with Crippen molar-refractivity contribution in [2.45, 2.75) is 16.9 Å². The third-order valence-electron chi connectivity index (χ3n) is 3.68. The Balaban J connectivity index is 1.66. The lowest BCUT2D eigenvalue weighted by molar-refractivity contribution is -0.137. The van der Waals surface area contributed by atoms with Gasteiger partial charge >= 0.3 is 5.97 Å². The molecule has 0 aliphatic carbocycles. The molecular weight excluding hydrogens is 310 g/mol. The number of aliphatic carboxylic acids is 1. The molecule has 1 N–H and O–H groups in total. The first kappa shape index (κ1) is 13.0. The van der Waals surface area contributed by atoms with Crippen molar-refractivity contribution < 1.29 is 14.7 Å². The van der Waals surface area contributed by atoms with Crippen LogP contribution < -0.4 is 0 Å². The van der Waals surface area contributed by atoms with E-state index in [1.807, 2.05) is 18.0 Å². The number of carboxylic acid groups (broad SMARTS) is 1. The molecule has 6 nitrogen and oxygen atoms in total. The maximum absolute atomic E-state index is 12.4. The minimum atomic E-state index is -1.06. The van der Waals surface area contributed by atoms with Gasteiger partial charge in [0.1, 0.15) is 11.5 Å². The fourth-order valence-electron chi connectivity index (χ4n) is 2.66. The molecule has 4 heterocycles. The van der Waals surface area contributed by atoms with E-state index in [2.05, 4.69) is 9.55 Å². The highest BCUT2D eigenvalue weighted by molar-refractivity contribution is 8.03. The van der Waals surface area contributed by atoms with Gasteiger partial charge in [0.2, 0.25) is 0 Å². The lowest BCUT2D eigenvalue weighted by Crippen LogP contribution is -2.30. The van der Waals surface area contributed by atoms with Gasteiger partial charge in [0, 0.05) is 23.7 Å². The molecule has 21 heavy (non-hydrogen) atoms. The van der Waals surface area contributed by atoms with Gasteiger partial charge in [-0.1, -0.05) is 0 Å². The van der Waals surface area contributed by atoms with Crippen LogP contribution in [0.5, 0.6) is 0 Å². The second kappa shape index (κ2) is 4.67. The molecule has 3 aliphatic heterocycles. The van der Waals surface area contributed by atoms with Crippen LogP contribution in [0.15, 0.2) is 22.9 Å². The van der Waals surface area contributed by atoms with E-state index in [1.54, 1.807) is 11.5 Å². The Morgan fingerprint density at radius 3 is 3.14 bits per heavy atom. The van der Waals surface area contributed by atoms with Crippen molar-refractivity contribution in [2.24, 2.45) is 0 Å². The number of hydrogen-bond acceptors (Lipinski definition) is 5. The van der Waals surface area contributed by atoms with Gasteiger partial charge in [-0.05, 0) is 6.08 Å². The molecule has 1 aromatic rings. The summed E-state index contributed by atoms with van der Waals surface area (Å²) < 4.78 is 2.08. The summed E-state index contributed by atoms with van der Waals surface area (Å²) in [5.41, 5.74) is 1.48. The van der Waals surface area contributed by atoms with Crippen molar-refractivity contribution in [3.05, 3.63) is 34.4 Å². The van der Waals surface area contributed by atoms with Crippen LogP contribution in [-0.4, -0.2) is 43.2 Å². The highest BCUT2D eigenvalue weighted by atomic mass is 32.2. The molecule has 0 unspecified atom stereocenters. The van der Waals surface area contributed by atoms with Gasteiger partial charge < -0.3 is 14.6 Å². The highest BCUT2D eigenvalue weighted by Gasteiger charge is 2.42. The molecule has 1 amide bonds. The van der Waals surface area contributed by atoms with E-state index in [-0.39, 0.29) is 16.9 Å². The third kappa shape index (κ3) is 2.01. The molecule has 108 valence electrons. The first-order valence-electron chi connectivity index (χ1n) is 6.39. The van der Waals surface area contributed by atoms with E-state index in [0.717, 1.165) is 23.1 Å². The number of amides is 1. The molecule has 1 fully saturated rings.